The van der Waals surface area contributed by atoms with E-state index in [0.717, 1.165) is 25.8 Å². The van der Waals surface area contributed by atoms with Gasteiger partial charge in [-0.2, -0.15) is 5.10 Å². The molecule has 2 heterocycles. The maximum Gasteiger partial charge on any atom is 0.0605 e. The standard InChI is InChI=1S/C16H24N4/c1-4-14-7-6-10-18-16(14)15(17-5-2)9-8-13-11-19-20(3)12-13/h6-7,10-12,15,17H,4-5,8-9H2,1-3H3. The lowest BCUT2D eigenvalue weighted by atomic mass is 9.99. The Morgan fingerprint density at radius 1 is 1.35 bits per heavy atom. The van der Waals surface area contributed by atoms with Gasteiger partial charge in [-0.3, -0.25) is 9.67 Å². The largest absolute Gasteiger partial charge is 0.309 e. The summed E-state index contributed by atoms with van der Waals surface area (Å²) in [6, 6.07) is 4.51. The minimum Gasteiger partial charge on any atom is -0.309 e. The molecule has 0 bridgehead atoms. The Kier molecular flexibility index (Phi) is 5.30. The van der Waals surface area contributed by atoms with Crippen LogP contribution in [-0.2, 0) is 19.9 Å². The first-order chi connectivity index (χ1) is 9.74. The molecule has 108 valence electrons. The van der Waals surface area contributed by atoms with Crippen molar-refractivity contribution in [2.75, 3.05) is 6.54 Å². The average Bonchev–Trinajstić information content (AvgIpc) is 2.89. The Hall–Kier alpha value is -1.68. The molecular weight excluding hydrogens is 248 g/mol. The highest BCUT2D eigenvalue weighted by molar-refractivity contribution is 5.23. The molecule has 4 nitrogen and oxygen atoms in total. The van der Waals surface area contributed by atoms with Crippen molar-refractivity contribution >= 4 is 0 Å². The summed E-state index contributed by atoms with van der Waals surface area (Å²) in [5, 5.41) is 7.79. The van der Waals surface area contributed by atoms with Crippen LogP contribution in [0, 0.1) is 0 Å². The third kappa shape index (κ3) is 3.67. The van der Waals surface area contributed by atoms with Crippen LogP contribution in [0.5, 0.6) is 0 Å². The van der Waals surface area contributed by atoms with Gasteiger partial charge in [0.25, 0.3) is 0 Å². The molecule has 0 spiro atoms. The molecule has 2 aromatic heterocycles. The highest BCUT2D eigenvalue weighted by Gasteiger charge is 2.15. The van der Waals surface area contributed by atoms with Crippen molar-refractivity contribution in [1.29, 1.82) is 0 Å². The second kappa shape index (κ2) is 7.20. The van der Waals surface area contributed by atoms with Crippen molar-refractivity contribution in [3.05, 3.63) is 47.5 Å². The van der Waals surface area contributed by atoms with E-state index in [-0.39, 0.29) is 0 Å². The molecule has 0 aromatic carbocycles. The van der Waals surface area contributed by atoms with E-state index < -0.39 is 0 Å². The fourth-order valence-corrected chi connectivity index (χ4v) is 2.56. The Balaban J connectivity index is 2.10. The van der Waals surface area contributed by atoms with E-state index in [1.165, 1.54) is 16.8 Å². The SMILES string of the molecule is CCNC(CCc1cnn(C)c1)c1ncccc1CC. The van der Waals surface area contributed by atoms with E-state index in [1.54, 1.807) is 0 Å². The van der Waals surface area contributed by atoms with Crippen molar-refractivity contribution in [3.8, 4) is 0 Å². The van der Waals surface area contributed by atoms with E-state index in [1.807, 2.05) is 30.2 Å². The second-order valence-corrected chi connectivity index (χ2v) is 5.07. The lowest BCUT2D eigenvalue weighted by Gasteiger charge is -2.19. The maximum absolute atomic E-state index is 4.60. The summed E-state index contributed by atoms with van der Waals surface area (Å²) in [6.07, 6.45) is 9.01. The van der Waals surface area contributed by atoms with Gasteiger partial charge in [0.1, 0.15) is 0 Å². The molecule has 0 fully saturated rings. The van der Waals surface area contributed by atoms with Gasteiger partial charge in [-0.15, -0.1) is 0 Å². The summed E-state index contributed by atoms with van der Waals surface area (Å²) >= 11 is 0. The van der Waals surface area contributed by atoms with Crippen LogP contribution >= 0.6 is 0 Å². The summed E-state index contributed by atoms with van der Waals surface area (Å²) in [7, 11) is 1.96. The van der Waals surface area contributed by atoms with Gasteiger partial charge in [0.05, 0.1) is 17.9 Å². The second-order valence-electron chi connectivity index (χ2n) is 5.07. The van der Waals surface area contributed by atoms with Gasteiger partial charge in [0.15, 0.2) is 0 Å². The zero-order chi connectivity index (χ0) is 14.4. The minimum atomic E-state index is 0.316. The average molecular weight is 272 g/mol. The predicted octanol–water partition coefficient (Wildman–Crippen LogP) is 2.66. The van der Waals surface area contributed by atoms with Crippen molar-refractivity contribution in [2.45, 2.75) is 39.2 Å². The number of aryl methyl sites for hydroxylation is 3. The number of hydrogen-bond acceptors (Lipinski definition) is 3. The van der Waals surface area contributed by atoms with Crippen LogP contribution in [0.2, 0.25) is 0 Å². The minimum absolute atomic E-state index is 0.316. The van der Waals surface area contributed by atoms with E-state index in [0.29, 0.717) is 6.04 Å². The smallest absolute Gasteiger partial charge is 0.0605 e. The van der Waals surface area contributed by atoms with Crippen LogP contribution in [0.4, 0.5) is 0 Å². The monoisotopic (exact) mass is 272 g/mol. The van der Waals surface area contributed by atoms with Gasteiger partial charge in [-0.25, -0.2) is 0 Å². The van der Waals surface area contributed by atoms with Gasteiger partial charge in [0.2, 0.25) is 0 Å². The number of hydrogen-bond donors (Lipinski definition) is 1. The number of rotatable bonds is 7. The first-order valence-electron chi connectivity index (χ1n) is 7.39. The molecule has 4 heteroatoms. The maximum atomic E-state index is 4.60. The quantitative estimate of drug-likeness (QED) is 0.842. The van der Waals surface area contributed by atoms with Crippen molar-refractivity contribution in [3.63, 3.8) is 0 Å². The van der Waals surface area contributed by atoms with Crippen molar-refractivity contribution < 1.29 is 0 Å². The molecule has 2 rings (SSSR count). The number of pyridine rings is 1. The molecular formula is C16H24N4. The highest BCUT2D eigenvalue weighted by Crippen LogP contribution is 2.21. The molecule has 0 aliphatic carbocycles. The molecule has 0 aliphatic rings. The van der Waals surface area contributed by atoms with Gasteiger partial charge in [-0.1, -0.05) is 19.9 Å². The van der Waals surface area contributed by atoms with Crippen LogP contribution in [0.25, 0.3) is 0 Å². The van der Waals surface area contributed by atoms with Gasteiger partial charge >= 0.3 is 0 Å². The Labute approximate surface area is 121 Å². The van der Waals surface area contributed by atoms with Crippen molar-refractivity contribution in [2.24, 2.45) is 7.05 Å². The fourth-order valence-electron chi connectivity index (χ4n) is 2.56. The number of aromatic nitrogens is 3. The first kappa shape index (κ1) is 14.7. The van der Waals surface area contributed by atoms with Gasteiger partial charge in [-0.05, 0) is 43.0 Å². The van der Waals surface area contributed by atoms with Crippen LogP contribution < -0.4 is 5.32 Å². The topological polar surface area (TPSA) is 42.7 Å². The molecule has 0 amide bonds. The highest BCUT2D eigenvalue weighted by atomic mass is 15.2. The number of nitrogens with zero attached hydrogens (tertiary/aromatic N) is 3. The van der Waals surface area contributed by atoms with Crippen LogP contribution in [0.15, 0.2) is 30.7 Å². The number of nitrogens with one attached hydrogen (secondary N) is 1. The van der Waals surface area contributed by atoms with Gasteiger partial charge in [0, 0.05) is 19.4 Å². The lowest BCUT2D eigenvalue weighted by molar-refractivity contribution is 0.500. The zero-order valence-corrected chi connectivity index (χ0v) is 12.6. The summed E-state index contributed by atoms with van der Waals surface area (Å²) < 4.78 is 1.86. The van der Waals surface area contributed by atoms with Gasteiger partial charge < -0.3 is 5.32 Å². The molecule has 20 heavy (non-hydrogen) atoms. The van der Waals surface area contributed by atoms with E-state index >= 15 is 0 Å². The molecule has 0 saturated carbocycles. The van der Waals surface area contributed by atoms with Crippen LogP contribution in [-0.4, -0.2) is 21.3 Å². The van der Waals surface area contributed by atoms with E-state index in [9.17, 15) is 0 Å². The normalized spacial score (nSPS) is 12.6. The van der Waals surface area contributed by atoms with E-state index in [4.69, 9.17) is 0 Å². The first-order valence-corrected chi connectivity index (χ1v) is 7.39. The molecule has 0 radical (unpaired) electrons. The van der Waals surface area contributed by atoms with Crippen molar-refractivity contribution in [1.82, 2.24) is 20.1 Å². The molecule has 2 aromatic rings. The molecule has 1 atom stereocenters. The summed E-state index contributed by atoms with van der Waals surface area (Å²) in [5.74, 6) is 0. The van der Waals surface area contributed by atoms with Crippen LogP contribution in [0.3, 0.4) is 0 Å². The zero-order valence-electron chi connectivity index (χ0n) is 12.6. The molecule has 1 unspecified atom stereocenters. The molecule has 0 aliphatic heterocycles. The van der Waals surface area contributed by atoms with E-state index in [2.05, 4.69) is 41.5 Å². The predicted molar refractivity (Wildman–Crippen MR) is 81.6 cm³/mol. The molecule has 1 N–H and O–H groups in total. The summed E-state index contributed by atoms with van der Waals surface area (Å²) in [6.45, 7) is 5.29. The third-order valence-corrected chi connectivity index (χ3v) is 3.57. The Morgan fingerprint density at radius 2 is 2.20 bits per heavy atom. The Morgan fingerprint density at radius 3 is 2.85 bits per heavy atom. The Bertz CT molecular complexity index is 533. The fraction of sp³-hybridized carbons (Fsp3) is 0.500. The third-order valence-electron chi connectivity index (χ3n) is 3.57. The summed E-state index contributed by atoms with van der Waals surface area (Å²) in [5.41, 5.74) is 3.81. The molecule has 0 saturated heterocycles. The lowest BCUT2D eigenvalue weighted by Crippen LogP contribution is -2.23. The summed E-state index contributed by atoms with van der Waals surface area (Å²) in [4.78, 5) is 4.60. The van der Waals surface area contributed by atoms with Crippen LogP contribution in [0.1, 0.15) is 43.1 Å².